The van der Waals surface area contributed by atoms with Crippen LogP contribution in [0.5, 0.6) is 0 Å². The van der Waals surface area contributed by atoms with Crippen LogP contribution in [0.25, 0.3) is 0 Å². The Morgan fingerprint density at radius 3 is 1.61 bits per heavy atom. The van der Waals surface area contributed by atoms with Crippen molar-refractivity contribution in [1.82, 2.24) is 10.2 Å². The summed E-state index contributed by atoms with van der Waals surface area (Å²) >= 11 is 0. The maximum atomic E-state index is 12.9. The van der Waals surface area contributed by atoms with Gasteiger partial charge in [0.05, 0.1) is 5.56 Å². The molecule has 44 heavy (non-hydrogen) atoms. The average Bonchev–Trinajstić information content (AvgIpc) is 2.96. The Balaban J connectivity index is 0.00000968. The van der Waals surface area contributed by atoms with Crippen LogP contribution < -0.4 is 5.32 Å². The molecule has 6 nitrogen and oxygen atoms in total. The third-order valence-corrected chi connectivity index (χ3v) is 7.69. The number of esters is 1. The Hall–Kier alpha value is -2.91. The molecule has 248 valence electrons. The summed E-state index contributed by atoms with van der Waals surface area (Å²) in [7, 11) is 0. The smallest absolute Gasteiger partial charge is 0.416 e. The van der Waals surface area contributed by atoms with Gasteiger partial charge in [-0.3, -0.25) is 14.5 Å². The van der Waals surface area contributed by atoms with Gasteiger partial charge in [0, 0.05) is 32.1 Å². The fraction of sp³-hybridized carbons (Fsp3) is 0.600. The average molecular weight is 623 g/mol. The highest BCUT2D eigenvalue weighted by Crippen LogP contribution is 2.29. The van der Waals surface area contributed by atoms with Crippen LogP contribution in [0.3, 0.4) is 0 Å². The number of hydrogen-bond donors (Lipinski definition) is 1. The number of amides is 1. The number of nitrogens with one attached hydrogen (secondary N) is 1. The van der Waals surface area contributed by atoms with Crippen LogP contribution in [0.4, 0.5) is 13.2 Å². The van der Waals surface area contributed by atoms with Crippen molar-refractivity contribution in [3.8, 4) is 0 Å². The summed E-state index contributed by atoms with van der Waals surface area (Å²) in [6.45, 7) is 6.62. The van der Waals surface area contributed by atoms with Crippen molar-refractivity contribution < 1.29 is 33.0 Å². The van der Waals surface area contributed by atoms with E-state index in [4.69, 9.17) is 4.74 Å². The maximum absolute atomic E-state index is 12.9. The molecule has 0 aliphatic rings. The molecule has 2 aromatic carbocycles. The number of rotatable bonds is 21. The number of carbonyl (C=O) groups excluding carboxylic acids is 2. The SMILES string of the molecule is CCCCCCCCCCCCCCCNC(=O)c1ccc(CN(Cc2ccc(C(F)(F)F)cc2)C(C)OC(C)=O)cc1.O. The fourth-order valence-corrected chi connectivity index (χ4v) is 5.10. The molecule has 0 saturated carbocycles. The first-order valence-electron chi connectivity index (χ1n) is 16.0. The molecule has 0 aromatic heterocycles. The summed E-state index contributed by atoms with van der Waals surface area (Å²) in [6, 6.07) is 12.2. The van der Waals surface area contributed by atoms with E-state index in [2.05, 4.69) is 12.2 Å². The van der Waals surface area contributed by atoms with E-state index in [-0.39, 0.29) is 17.9 Å². The summed E-state index contributed by atoms with van der Waals surface area (Å²) in [4.78, 5) is 26.0. The minimum atomic E-state index is -4.40. The third kappa shape index (κ3) is 16.2. The molecular weight excluding hydrogens is 569 g/mol. The molecule has 0 aliphatic heterocycles. The zero-order valence-electron chi connectivity index (χ0n) is 26.8. The van der Waals surface area contributed by atoms with E-state index in [1.807, 2.05) is 17.0 Å². The Morgan fingerprint density at radius 1 is 0.750 bits per heavy atom. The molecule has 1 atom stereocenters. The second kappa shape index (κ2) is 21.7. The molecule has 0 fully saturated rings. The summed E-state index contributed by atoms with van der Waals surface area (Å²) in [5.74, 6) is -0.555. The van der Waals surface area contributed by atoms with Crippen LogP contribution >= 0.6 is 0 Å². The predicted octanol–water partition coefficient (Wildman–Crippen LogP) is 8.61. The fourth-order valence-electron chi connectivity index (χ4n) is 5.10. The number of halogens is 3. The zero-order chi connectivity index (χ0) is 31.5. The first kappa shape index (κ1) is 39.1. The molecule has 0 spiro atoms. The number of alkyl halides is 3. The molecule has 0 heterocycles. The minimum absolute atomic E-state index is 0. The summed E-state index contributed by atoms with van der Waals surface area (Å²) in [6.07, 6.45) is 11.7. The number of benzene rings is 2. The topological polar surface area (TPSA) is 90.1 Å². The van der Waals surface area contributed by atoms with Gasteiger partial charge < -0.3 is 15.5 Å². The predicted molar refractivity (Wildman–Crippen MR) is 170 cm³/mol. The van der Waals surface area contributed by atoms with Gasteiger partial charge in [-0.05, 0) is 48.7 Å². The normalized spacial score (nSPS) is 12.1. The summed E-state index contributed by atoms with van der Waals surface area (Å²) < 4.78 is 44.2. The highest BCUT2D eigenvalue weighted by Gasteiger charge is 2.30. The van der Waals surface area contributed by atoms with E-state index in [1.54, 1.807) is 19.1 Å². The van der Waals surface area contributed by atoms with Crippen LogP contribution in [0, 0.1) is 0 Å². The van der Waals surface area contributed by atoms with E-state index < -0.39 is 23.9 Å². The molecule has 0 saturated heterocycles. The zero-order valence-corrected chi connectivity index (χ0v) is 26.8. The first-order chi connectivity index (χ1) is 20.6. The molecule has 9 heteroatoms. The van der Waals surface area contributed by atoms with E-state index in [9.17, 15) is 22.8 Å². The van der Waals surface area contributed by atoms with E-state index in [1.165, 1.54) is 89.7 Å². The minimum Gasteiger partial charge on any atom is -0.447 e. The van der Waals surface area contributed by atoms with Crippen LogP contribution in [-0.4, -0.2) is 35.0 Å². The summed E-state index contributed by atoms with van der Waals surface area (Å²) in [5.41, 5.74) is 1.41. The van der Waals surface area contributed by atoms with Crippen molar-refractivity contribution in [2.75, 3.05) is 6.54 Å². The van der Waals surface area contributed by atoms with Gasteiger partial charge in [-0.25, -0.2) is 0 Å². The third-order valence-electron chi connectivity index (χ3n) is 7.69. The Kier molecular flexibility index (Phi) is 19.3. The van der Waals surface area contributed by atoms with Crippen molar-refractivity contribution >= 4 is 11.9 Å². The van der Waals surface area contributed by atoms with Crippen molar-refractivity contribution in [2.24, 2.45) is 0 Å². The van der Waals surface area contributed by atoms with Crippen molar-refractivity contribution in [3.05, 3.63) is 70.8 Å². The number of hydrogen-bond acceptors (Lipinski definition) is 4. The molecule has 1 unspecified atom stereocenters. The standard InChI is InChI=1S/C35H51F3N2O3.H2O/c1-4-5-6-7-8-9-10-11-12-13-14-15-16-25-39-34(42)32-21-17-30(18-22-32)26-40(28(2)43-29(3)41)27-31-19-23-33(24-20-31)35(36,37)38;/h17-24,28H,4-16,25-27H2,1-3H3,(H,39,42);1H2. The molecule has 3 N–H and O–H groups in total. The monoisotopic (exact) mass is 622 g/mol. The largest absolute Gasteiger partial charge is 0.447 e. The number of carbonyl (C=O) groups is 2. The second-order valence-electron chi connectivity index (χ2n) is 11.5. The van der Waals surface area contributed by atoms with Gasteiger partial charge in [0.15, 0.2) is 6.23 Å². The number of nitrogens with zero attached hydrogens (tertiary/aromatic N) is 1. The Labute approximate surface area is 262 Å². The van der Waals surface area contributed by atoms with E-state index in [0.29, 0.717) is 24.2 Å². The lowest BCUT2D eigenvalue weighted by Crippen LogP contribution is -2.35. The van der Waals surface area contributed by atoms with Crippen LogP contribution in [0.15, 0.2) is 48.5 Å². The number of unbranched alkanes of at least 4 members (excludes halogenated alkanes) is 12. The quantitative estimate of drug-likeness (QED) is 0.0858. The highest BCUT2D eigenvalue weighted by molar-refractivity contribution is 5.94. The van der Waals surface area contributed by atoms with Gasteiger partial charge in [-0.15, -0.1) is 0 Å². The number of ether oxygens (including phenoxy) is 1. The van der Waals surface area contributed by atoms with Crippen molar-refractivity contribution in [2.45, 2.75) is 130 Å². The second-order valence-corrected chi connectivity index (χ2v) is 11.5. The molecule has 0 aliphatic carbocycles. The van der Waals surface area contributed by atoms with Crippen molar-refractivity contribution in [3.63, 3.8) is 0 Å². The van der Waals surface area contributed by atoms with Crippen LogP contribution in [0.1, 0.15) is 131 Å². The van der Waals surface area contributed by atoms with Crippen LogP contribution in [0.2, 0.25) is 0 Å². The lowest BCUT2D eigenvalue weighted by Gasteiger charge is -2.28. The molecular formula is C35H53F3N2O4. The van der Waals surface area contributed by atoms with Gasteiger partial charge in [-0.2, -0.15) is 13.2 Å². The maximum Gasteiger partial charge on any atom is 0.416 e. The molecule has 0 bridgehead atoms. The van der Waals surface area contributed by atoms with Crippen LogP contribution in [-0.2, 0) is 28.8 Å². The van der Waals surface area contributed by atoms with Gasteiger partial charge in [0.2, 0.25) is 0 Å². The first-order valence-corrected chi connectivity index (χ1v) is 16.0. The van der Waals surface area contributed by atoms with Gasteiger partial charge in [0.1, 0.15) is 0 Å². The lowest BCUT2D eigenvalue weighted by atomic mass is 10.0. The lowest BCUT2D eigenvalue weighted by molar-refractivity contribution is -0.156. The van der Waals surface area contributed by atoms with Gasteiger partial charge >= 0.3 is 12.1 Å². The molecule has 0 radical (unpaired) electrons. The highest BCUT2D eigenvalue weighted by atomic mass is 19.4. The molecule has 1 amide bonds. The Bertz CT molecular complexity index is 1060. The van der Waals surface area contributed by atoms with E-state index in [0.717, 1.165) is 30.5 Å². The molecule has 2 aromatic rings. The summed E-state index contributed by atoms with van der Waals surface area (Å²) in [5, 5.41) is 3.00. The van der Waals surface area contributed by atoms with Crippen molar-refractivity contribution in [1.29, 1.82) is 0 Å². The van der Waals surface area contributed by atoms with Gasteiger partial charge in [-0.1, -0.05) is 108 Å². The molecule has 2 rings (SSSR count). The van der Waals surface area contributed by atoms with E-state index >= 15 is 0 Å². The Morgan fingerprint density at radius 2 is 1.18 bits per heavy atom. The van der Waals surface area contributed by atoms with Gasteiger partial charge in [0.25, 0.3) is 5.91 Å².